The molecule has 2 rings (SSSR count). The molecule has 20 heavy (non-hydrogen) atoms. The molecule has 1 amide bonds. The van der Waals surface area contributed by atoms with Gasteiger partial charge in [-0.15, -0.1) is 0 Å². The number of carboxylic acids is 1. The van der Waals surface area contributed by atoms with Crippen LogP contribution in [0.2, 0.25) is 0 Å². The average Bonchev–Trinajstić information content (AvgIpc) is 2.87. The van der Waals surface area contributed by atoms with Crippen molar-refractivity contribution in [3.05, 3.63) is 36.0 Å². The van der Waals surface area contributed by atoms with Gasteiger partial charge in [0.25, 0.3) is 5.91 Å². The van der Waals surface area contributed by atoms with Crippen LogP contribution in [0.25, 0.3) is 10.9 Å². The van der Waals surface area contributed by atoms with Gasteiger partial charge in [-0.3, -0.25) is 9.59 Å². The van der Waals surface area contributed by atoms with Crippen LogP contribution < -0.4 is 0 Å². The molecular weight excluding hydrogens is 256 g/mol. The van der Waals surface area contributed by atoms with Gasteiger partial charge >= 0.3 is 5.97 Å². The first-order valence-electron chi connectivity index (χ1n) is 6.63. The Morgan fingerprint density at radius 3 is 2.70 bits per heavy atom. The van der Waals surface area contributed by atoms with Crippen LogP contribution in [-0.4, -0.2) is 39.5 Å². The van der Waals surface area contributed by atoms with E-state index in [1.807, 2.05) is 38.1 Å². The SMILES string of the molecule is CCC(C)N(CC(=O)O)C(=O)c1c[nH]c2ccccc12. The maximum Gasteiger partial charge on any atom is 0.323 e. The normalized spacial score (nSPS) is 12.3. The predicted molar refractivity (Wildman–Crippen MR) is 76.7 cm³/mol. The Balaban J connectivity index is 2.38. The summed E-state index contributed by atoms with van der Waals surface area (Å²) in [5, 5.41) is 9.80. The molecule has 0 aliphatic rings. The van der Waals surface area contributed by atoms with Crippen molar-refractivity contribution in [2.75, 3.05) is 6.54 Å². The number of benzene rings is 1. The molecule has 0 spiro atoms. The molecule has 0 aliphatic carbocycles. The predicted octanol–water partition coefficient (Wildman–Crippen LogP) is 2.49. The number of H-pyrrole nitrogens is 1. The van der Waals surface area contributed by atoms with E-state index in [0.717, 1.165) is 10.9 Å². The second-order valence-corrected chi connectivity index (χ2v) is 4.83. The van der Waals surface area contributed by atoms with Crippen LogP contribution in [0.15, 0.2) is 30.5 Å². The second kappa shape index (κ2) is 5.77. The fourth-order valence-corrected chi connectivity index (χ4v) is 2.20. The zero-order valence-corrected chi connectivity index (χ0v) is 11.6. The summed E-state index contributed by atoms with van der Waals surface area (Å²) < 4.78 is 0. The van der Waals surface area contributed by atoms with E-state index in [0.29, 0.717) is 12.0 Å². The van der Waals surface area contributed by atoms with Gasteiger partial charge in [0.2, 0.25) is 0 Å². The van der Waals surface area contributed by atoms with E-state index < -0.39 is 5.97 Å². The number of para-hydroxylation sites is 1. The average molecular weight is 274 g/mol. The quantitative estimate of drug-likeness (QED) is 0.879. The maximum absolute atomic E-state index is 12.6. The fraction of sp³-hybridized carbons (Fsp3) is 0.333. The van der Waals surface area contributed by atoms with Crippen molar-refractivity contribution in [2.24, 2.45) is 0 Å². The van der Waals surface area contributed by atoms with Gasteiger partial charge in [-0.2, -0.15) is 0 Å². The molecule has 5 nitrogen and oxygen atoms in total. The highest BCUT2D eigenvalue weighted by Crippen LogP contribution is 2.20. The highest BCUT2D eigenvalue weighted by molar-refractivity contribution is 6.07. The van der Waals surface area contributed by atoms with E-state index in [2.05, 4.69) is 4.98 Å². The van der Waals surface area contributed by atoms with Crippen LogP contribution in [0, 0.1) is 0 Å². The lowest BCUT2D eigenvalue weighted by Gasteiger charge is -2.26. The van der Waals surface area contributed by atoms with E-state index in [1.54, 1.807) is 6.20 Å². The second-order valence-electron chi connectivity index (χ2n) is 4.83. The molecule has 1 atom stereocenters. The lowest BCUT2D eigenvalue weighted by atomic mass is 10.1. The van der Waals surface area contributed by atoms with Crippen molar-refractivity contribution in [2.45, 2.75) is 26.3 Å². The van der Waals surface area contributed by atoms with Crippen LogP contribution in [0.4, 0.5) is 0 Å². The van der Waals surface area contributed by atoms with Crippen LogP contribution in [0.1, 0.15) is 30.6 Å². The van der Waals surface area contributed by atoms with E-state index in [9.17, 15) is 9.59 Å². The summed E-state index contributed by atoms with van der Waals surface area (Å²) in [4.78, 5) is 28.0. The molecule has 1 unspecified atom stereocenters. The molecule has 0 bridgehead atoms. The minimum absolute atomic E-state index is 0.118. The number of nitrogens with zero attached hydrogens (tertiary/aromatic N) is 1. The number of carbonyl (C=O) groups excluding carboxylic acids is 1. The number of aromatic nitrogens is 1. The van der Waals surface area contributed by atoms with Gasteiger partial charge in [-0.05, 0) is 19.4 Å². The topological polar surface area (TPSA) is 73.4 Å². The minimum atomic E-state index is -1.00. The first kappa shape index (κ1) is 14.1. The largest absolute Gasteiger partial charge is 0.480 e. The van der Waals surface area contributed by atoms with Crippen molar-refractivity contribution in [3.8, 4) is 0 Å². The van der Waals surface area contributed by atoms with E-state index >= 15 is 0 Å². The summed E-state index contributed by atoms with van der Waals surface area (Å²) >= 11 is 0. The Hall–Kier alpha value is -2.30. The summed E-state index contributed by atoms with van der Waals surface area (Å²) in [5.74, 6) is -1.25. The van der Waals surface area contributed by atoms with Gasteiger partial charge < -0.3 is 15.0 Å². The molecule has 5 heteroatoms. The number of hydrogen-bond acceptors (Lipinski definition) is 2. The summed E-state index contributed by atoms with van der Waals surface area (Å²) in [6.45, 7) is 3.51. The summed E-state index contributed by atoms with van der Waals surface area (Å²) in [6, 6.07) is 7.37. The highest BCUT2D eigenvalue weighted by atomic mass is 16.4. The third kappa shape index (κ3) is 2.66. The molecule has 1 aromatic carbocycles. The third-order valence-electron chi connectivity index (χ3n) is 3.51. The Kier molecular flexibility index (Phi) is 4.08. The number of aromatic amines is 1. The number of carbonyl (C=O) groups is 2. The van der Waals surface area contributed by atoms with Crippen molar-refractivity contribution >= 4 is 22.8 Å². The molecule has 0 radical (unpaired) electrons. The number of fused-ring (bicyclic) bond motifs is 1. The number of rotatable bonds is 5. The summed E-state index contributed by atoms with van der Waals surface area (Å²) in [7, 11) is 0. The monoisotopic (exact) mass is 274 g/mol. The van der Waals surface area contributed by atoms with Gasteiger partial charge in [-0.1, -0.05) is 25.1 Å². The summed E-state index contributed by atoms with van der Waals surface area (Å²) in [6.07, 6.45) is 2.35. The molecule has 0 saturated heterocycles. The molecule has 0 saturated carbocycles. The third-order valence-corrected chi connectivity index (χ3v) is 3.51. The van der Waals surface area contributed by atoms with Gasteiger partial charge in [0, 0.05) is 23.1 Å². The highest BCUT2D eigenvalue weighted by Gasteiger charge is 2.24. The van der Waals surface area contributed by atoms with Crippen molar-refractivity contribution in [1.82, 2.24) is 9.88 Å². The van der Waals surface area contributed by atoms with E-state index in [1.165, 1.54) is 4.90 Å². The van der Waals surface area contributed by atoms with Crippen molar-refractivity contribution in [1.29, 1.82) is 0 Å². The number of hydrogen-bond donors (Lipinski definition) is 2. The Labute approximate surface area is 117 Å². The zero-order chi connectivity index (χ0) is 14.7. The maximum atomic E-state index is 12.6. The molecule has 1 heterocycles. The molecule has 0 aliphatic heterocycles. The Bertz CT molecular complexity index is 633. The Morgan fingerprint density at radius 1 is 1.35 bits per heavy atom. The molecule has 1 aromatic heterocycles. The van der Waals surface area contributed by atoms with Crippen molar-refractivity contribution in [3.63, 3.8) is 0 Å². The number of amides is 1. The molecule has 0 fully saturated rings. The number of aliphatic carboxylic acids is 1. The van der Waals surface area contributed by atoms with Gasteiger partial charge in [0.05, 0.1) is 5.56 Å². The standard InChI is InChI=1S/C15H18N2O3/c1-3-10(2)17(9-14(18)19)15(20)12-8-16-13-7-5-4-6-11(12)13/h4-8,10,16H,3,9H2,1-2H3,(H,18,19). The molecule has 2 aromatic rings. The van der Waals surface area contributed by atoms with Crippen molar-refractivity contribution < 1.29 is 14.7 Å². The van der Waals surface area contributed by atoms with Gasteiger partial charge in [0.15, 0.2) is 0 Å². The van der Waals surface area contributed by atoms with E-state index in [-0.39, 0.29) is 18.5 Å². The number of carboxylic acid groups (broad SMARTS) is 1. The molecule has 2 N–H and O–H groups in total. The van der Waals surface area contributed by atoms with Crippen LogP contribution in [0.5, 0.6) is 0 Å². The molecule has 106 valence electrons. The molecular formula is C15H18N2O3. The van der Waals surface area contributed by atoms with Crippen LogP contribution in [-0.2, 0) is 4.79 Å². The Morgan fingerprint density at radius 2 is 2.05 bits per heavy atom. The van der Waals surface area contributed by atoms with Crippen LogP contribution in [0.3, 0.4) is 0 Å². The lowest BCUT2D eigenvalue weighted by Crippen LogP contribution is -2.41. The fourth-order valence-electron chi connectivity index (χ4n) is 2.20. The van der Waals surface area contributed by atoms with Gasteiger partial charge in [-0.25, -0.2) is 0 Å². The zero-order valence-electron chi connectivity index (χ0n) is 11.6. The number of nitrogens with one attached hydrogen (secondary N) is 1. The van der Waals surface area contributed by atoms with Crippen LogP contribution >= 0.6 is 0 Å². The first-order chi connectivity index (χ1) is 9.54. The lowest BCUT2D eigenvalue weighted by molar-refractivity contribution is -0.138. The summed E-state index contributed by atoms with van der Waals surface area (Å²) in [5.41, 5.74) is 1.39. The van der Waals surface area contributed by atoms with E-state index in [4.69, 9.17) is 5.11 Å². The first-order valence-corrected chi connectivity index (χ1v) is 6.63. The minimum Gasteiger partial charge on any atom is -0.480 e. The smallest absolute Gasteiger partial charge is 0.323 e. The van der Waals surface area contributed by atoms with Gasteiger partial charge in [0.1, 0.15) is 6.54 Å².